The minimum absolute atomic E-state index is 0.228. The third-order valence-corrected chi connectivity index (χ3v) is 15.5. The van der Waals surface area contributed by atoms with Crippen molar-refractivity contribution in [2.45, 2.75) is 346 Å². The largest absolute Gasteiger partial charge is 0.397 e. The van der Waals surface area contributed by atoms with Crippen LogP contribution in [0.15, 0.2) is 24.3 Å². The number of amides is 1. The van der Waals surface area contributed by atoms with Crippen molar-refractivity contribution in [3.05, 3.63) is 24.3 Å². The Kier molecular flexibility index (Phi) is 48.7. The average Bonchev–Trinajstić information content (AvgIpc) is 3.38. The first-order chi connectivity index (χ1) is 36.0. The molecule has 74 heavy (non-hydrogen) atoms. The molecule has 6 N–H and O–H groups in total. The van der Waals surface area contributed by atoms with E-state index in [-0.39, 0.29) is 12.5 Å². The van der Waals surface area contributed by atoms with E-state index in [0.29, 0.717) is 12.8 Å². The maximum absolute atomic E-state index is 13.1. The Hall–Kier alpha value is -1.42. The lowest BCUT2D eigenvalue weighted by molar-refractivity contribution is -0.298. The molecule has 1 amide bonds. The van der Waals surface area contributed by atoms with E-state index < -0.39 is 59.9 Å². The summed E-state index contributed by atoms with van der Waals surface area (Å²) in [5, 5.41) is 45.0. The molecule has 0 radical (unpaired) electrons. The van der Waals surface area contributed by atoms with Crippen molar-refractivity contribution in [2.24, 2.45) is 0 Å². The molecule has 0 saturated carbocycles. The summed E-state index contributed by atoms with van der Waals surface area (Å²) in [7, 11) is -5.08. The lowest BCUT2D eigenvalue weighted by atomic mass is 9.99. The standard InChI is InChI=1S/C61H117NO11S/c1-3-5-7-9-11-13-15-16-17-18-19-20-21-22-23-24-25-26-27-28-29-30-31-32-33-34-35-36-37-38-39-40-41-43-45-47-49-51-57(65)62-54(55(64)50-48-46-44-42-14-12-10-8-6-4-2)53-71-61-59(67)60(73-74(68,69)70)58(66)56(52-63)72-61/h23-24,26-27,54-56,58-61,63-64,66-67H,3-22,25,28-53H2,1-2H3,(H,62,65)(H,68,69,70)/b24-23-,27-26-. The number of hydrogen-bond acceptors (Lipinski definition) is 10. The number of nitrogens with one attached hydrogen (secondary N) is 1. The Bertz CT molecular complexity index is 1400. The van der Waals surface area contributed by atoms with E-state index in [0.717, 1.165) is 57.8 Å². The first-order valence-electron chi connectivity index (χ1n) is 31.2. The molecular formula is C61H117NO11S. The summed E-state index contributed by atoms with van der Waals surface area (Å²) in [5.41, 5.74) is 0. The average molecular weight is 1070 g/mol. The Balaban J connectivity index is 2.12. The van der Waals surface area contributed by atoms with Crippen LogP contribution in [0.1, 0.15) is 303 Å². The van der Waals surface area contributed by atoms with Gasteiger partial charge in [0.2, 0.25) is 5.91 Å². The maximum Gasteiger partial charge on any atom is 0.397 e. The smallest absolute Gasteiger partial charge is 0.394 e. The highest BCUT2D eigenvalue weighted by atomic mass is 32.3. The number of aliphatic hydroxyl groups is 4. The van der Waals surface area contributed by atoms with Crippen LogP contribution in [-0.2, 0) is 28.9 Å². The summed E-state index contributed by atoms with van der Waals surface area (Å²) >= 11 is 0. The second-order valence-electron chi connectivity index (χ2n) is 22.0. The van der Waals surface area contributed by atoms with Crippen LogP contribution < -0.4 is 5.32 Å². The van der Waals surface area contributed by atoms with Crippen LogP contribution in [0.3, 0.4) is 0 Å². The van der Waals surface area contributed by atoms with Crippen molar-refractivity contribution < 1.29 is 51.8 Å². The fourth-order valence-corrected chi connectivity index (χ4v) is 10.7. The van der Waals surface area contributed by atoms with Crippen LogP contribution in [-0.4, -0.2) is 95.4 Å². The molecule has 7 atom stereocenters. The van der Waals surface area contributed by atoms with Gasteiger partial charge in [-0.1, -0.05) is 276 Å². The van der Waals surface area contributed by atoms with E-state index in [2.05, 4.69) is 47.7 Å². The molecule has 1 heterocycles. The number of carbonyl (C=O) groups is 1. The van der Waals surface area contributed by atoms with Crippen LogP contribution in [0.4, 0.5) is 0 Å². The van der Waals surface area contributed by atoms with Crippen LogP contribution in [0.2, 0.25) is 0 Å². The molecule has 1 aliphatic heterocycles. The predicted molar refractivity (Wildman–Crippen MR) is 305 cm³/mol. The summed E-state index contributed by atoms with van der Waals surface area (Å²) in [6.07, 6.45) is 55.3. The minimum atomic E-state index is -5.08. The number of carbonyl (C=O) groups excluding carboxylic acids is 1. The van der Waals surface area contributed by atoms with Gasteiger partial charge in [0.1, 0.15) is 24.4 Å². The van der Waals surface area contributed by atoms with Gasteiger partial charge in [0.15, 0.2) is 6.29 Å². The lowest BCUT2D eigenvalue weighted by Crippen LogP contribution is -2.61. The normalized spacial score (nSPS) is 19.3. The molecular weight excluding hydrogens is 955 g/mol. The first-order valence-corrected chi connectivity index (χ1v) is 32.6. The quantitative estimate of drug-likeness (QED) is 0.0193. The summed E-state index contributed by atoms with van der Waals surface area (Å²) < 4.78 is 47.8. The second-order valence-corrected chi connectivity index (χ2v) is 23.0. The number of hydrogen-bond donors (Lipinski definition) is 6. The Morgan fingerprint density at radius 1 is 0.541 bits per heavy atom. The van der Waals surface area contributed by atoms with Crippen molar-refractivity contribution in [3.63, 3.8) is 0 Å². The van der Waals surface area contributed by atoms with Gasteiger partial charge in [0, 0.05) is 6.42 Å². The van der Waals surface area contributed by atoms with Crippen LogP contribution in [0.25, 0.3) is 0 Å². The molecule has 0 bridgehead atoms. The van der Waals surface area contributed by atoms with E-state index >= 15 is 0 Å². The number of aliphatic hydroxyl groups excluding tert-OH is 4. The Labute approximate surface area is 454 Å². The van der Waals surface area contributed by atoms with Crippen molar-refractivity contribution in [1.82, 2.24) is 5.32 Å². The molecule has 1 saturated heterocycles. The van der Waals surface area contributed by atoms with Gasteiger partial charge in [0.05, 0.1) is 25.4 Å². The van der Waals surface area contributed by atoms with Crippen LogP contribution in [0, 0.1) is 0 Å². The van der Waals surface area contributed by atoms with E-state index in [9.17, 15) is 38.2 Å². The molecule has 7 unspecified atom stereocenters. The van der Waals surface area contributed by atoms with Gasteiger partial charge in [-0.05, 0) is 44.9 Å². The van der Waals surface area contributed by atoms with Crippen LogP contribution in [0.5, 0.6) is 0 Å². The fraction of sp³-hybridized carbons (Fsp3) is 0.918. The Morgan fingerprint density at radius 2 is 0.905 bits per heavy atom. The molecule has 438 valence electrons. The van der Waals surface area contributed by atoms with E-state index in [4.69, 9.17) is 9.47 Å². The molecule has 0 spiro atoms. The predicted octanol–water partition coefficient (Wildman–Crippen LogP) is 15.2. The molecule has 1 fully saturated rings. The molecule has 0 aromatic heterocycles. The number of unbranched alkanes of at least 4 members (excludes halogenated alkanes) is 39. The molecule has 1 rings (SSSR count). The number of allylic oxidation sites excluding steroid dienone is 4. The third kappa shape index (κ3) is 42.6. The monoisotopic (exact) mass is 1070 g/mol. The summed E-state index contributed by atoms with van der Waals surface area (Å²) in [4.78, 5) is 13.1. The van der Waals surface area contributed by atoms with Crippen molar-refractivity contribution in [1.29, 1.82) is 0 Å². The van der Waals surface area contributed by atoms with Gasteiger partial charge in [-0.15, -0.1) is 0 Å². The van der Waals surface area contributed by atoms with Gasteiger partial charge in [0.25, 0.3) is 0 Å². The zero-order chi connectivity index (χ0) is 54.0. The van der Waals surface area contributed by atoms with Gasteiger partial charge in [-0.25, -0.2) is 4.18 Å². The third-order valence-electron chi connectivity index (χ3n) is 15.0. The number of rotatable bonds is 55. The van der Waals surface area contributed by atoms with Crippen LogP contribution >= 0.6 is 0 Å². The van der Waals surface area contributed by atoms with Gasteiger partial charge < -0.3 is 35.2 Å². The highest BCUT2D eigenvalue weighted by molar-refractivity contribution is 7.80. The van der Waals surface area contributed by atoms with Crippen molar-refractivity contribution in [3.8, 4) is 0 Å². The van der Waals surface area contributed by atoms with Crippen molar-refractivity contribution in [2.75, 3.05) is 13.2 Å². The Morgan fingerprint density at radius 3 is 1.28 bits per heavy atom. The molecule has 0 aliphatic carbocycles. The zero-order valence-corrected chi connectivity index (χ0v) is 48.5. The van der Waals surface area contributed by atoms with E-state index in [1.807, 2.05) is 0 Å². The molecule has 13 heteroatoms. The highest BCUT2D eigenvalue weighted by Crippen LogP contribution is 2.26. The zero-order valence-electron chi connectivity index (χ0n) is 47.7. The second kappa shape index (κ2) is 51.0. The van der Waals surface area contributed by atoms with E-state index in [1.165, 1.54) is 218 Å². The molecule has 0 aromatic rings. The summed E-state index contributed by atoms with van der Waals surface area (Å²) in [6, 6.07) is -0.855. The molecule has 1 aliphatic rings. The minimum Gasteiger partial charge on any atom is -0.394 e. The molecule has 0 aromatic carbocycles. The van der Waals surface area contributed by atoms with Gasteiger partial charge >= 0.3 is 10.4 Å². The number of ether oxygens (including phenoxy) is 2. The maximum atomic E-state index is 13.1. The SMILES string of the molecule is CCCCCCCCCCCCCCC/C=C\C/C=C\CCCCCCCCCCCCCCCCCCCC(=O)NC(COC1OC(CO)C(O)C(OS(=O)(=O)O)C1O)C(O)CCCCCCCCCCCC. The van der Waals surface area contributed by atoms with Crippen molar-refractivity contribution >= 4 is 16.3 Å². The highest BCUT2D eigenvalue weighted by Gasteiger charge is 2.48. The lowest BCUT2D eigenvalue weighted by Gasteiger charge is -2.41. The fourth-order valence-electron chi connectivity index (χ4n) is 10.2. The van der Waals surface area contributed by atoms with Gasteiger partial charge in [-0.2, -0.15) is 8.42 Å². The van der Waals surface area contributed by atoms with Gasteiger partial charge in [-0.3, -0.25) is 9.35 Å². The summed E-state index contributed by atoms with van der Waals surface area (Å²) in [5.74, 6) is -0.228. The molecule has 12 nitrogen and oxygen atoms in total. The topological polar surface area (TPSA) is 192 Å². The summed E-state index contributed by atoms with van der Waals surface area (Å²) in [6.45, 7) is 3.46. The first kappa shape index (κ1) is 70.6. The van der Waals surface area contributed by atoms with E-state index in [1.54, 1.807) is 0 Å².